The van der Waals surface area contributed by atoms with Gasteiger partial charge in [0.05, 0.1) is 0 Å². The molecule has 27 heavy (non-hydrogen) atoms. The number of aromatic nitrogens is 4. The van der Waals surface area contributed by atoms with Crippen LogP contribution >= 0.6 is 39.5 Å². The van der Waals surface area contributed by atoms with E-state index in [9.17, 15) is 19.5 Å². The summed E-state index contributed by atoms with van der Waals surface area (Å²) in [6.45, 7) is 0. The highest BCUT2D eigenvalue weighted by Gasteiger charge is 2.69. The van der Waals surface area contributed by atoms with Crippen molar-refractivity contribution in [2.24, 2.45) is 12.8 Å². The number of hydrogen-bond acceptors (Lipinski definition) is 9. The van der Waals surface area contributed by atoms with Gasteiger partial charge in [-0.1, -0.05) is 27.7 Å². The number of methoxy groups -OCH3 is 1. The quantitative estimate of drug-likeness (QED) is 0.288. The Labute approximate surface area is 170 Å². The monoisotopic (exact) mass is 478 g/mol. The summed E-state index contributed by atoms with van der Waals surface area (Å²) in [6, 6.07) is 0. The number of carboxylic acid groups (broad SMARTS) is 1. The second-order valence-corrected chi connectivity index (χ2v) is 8.66. The van der Waals surface area contributed by atoms with E-state index in [1.807, 2.05) is 0 Å². The standard InChI is InChI=1S/C13H15BrN6O5S2/c1-19-12(16-17-18-19)27-4-5-3-26-11-13(25-2,7(14)8(15)21)10(24)20(11)6(5)9(22)23/h7,11H,3-4H2,1-2H3,(H2,15,21)(H,22,23)/t7?,11?,13-/m1/s1. The lowest BCUT2D eigenvalue weighted by Gasteiger charge is -2.57. The molecule has 3 atom stereocenters. The number of aliphatic carboxylic acids is 1. The van der Waals surface area contributed by atoms with Crippen LogP contribution in [0, 0.1) is 0 Å². The molecule has 0 spiro atoms. The molecule has 0 bridgehead atoms. The predicted octanol–water partition coefficient (Wildman–Crippen LogP) is -0.810. The van der Waals surface area contributed by atoms with Crippen LogP contribution in [0.1, 0.15) is 0 Å². The first-order chi connectivity index (χ1) is 12.8. The number of hydrogen-bond donors (Lipinski definition) is 2. The summed E-state index contributed by atoms with van der Waals surface area (Å²) >= 11 is 5.70. The number of carbonyl (C=O) groups is 3. The van der Waals surface area contributed by atoms with Crippen LogP contribution < -0.4 is 5.73 Å². The van der Waals surface area contributed by atoms with Gasteiger partial charge in [0.15, 0.2) is 5.60 Å². The number of fused-ring (bicyclic) bond motifs is 1. The molecule has 3 heterocycles. The summed E-state index contributed by atoms with van der Waals surface area (Å²) < 4.78 is 6.84. The van der Waals surface area contributed by atoms with Crippen LogP contribution in [0.4, 0.5) is 0 Å². The summed E-state index contributed by atoms with van der Waals surface area (Å²) in [4.78, 5) is 36.4. The number of rotatable bonds is 7. The molecule has 0 saturated carbocycles. The maximum atomic E-state index is 12.9. The van der Waals surface area contributed by atoms with Crippen molar-refractivity contribution in [3.05, 3.63) is 11.3 Å². The van der Waals surface area contributed by atoms with E-state index in [1.165, 1.54) is 35.3 Å². The highest BCUT2D eigenvalue weighted by Crippen LogP contribution is 2.51. The molecule has 11 nitrogen and oxygen atoms in total. The van der Waals surface area contributed by atoms with Crippen LogP contribution in [0.3, 0.4) is 0 Å². The number of aryl methyl sites for hydroxylation is 1. The van der Waals surface area contributed by atoms with Crippen molar-refractivity contribution in [2.45, 2.75) is 21.0 Å². The number of nitrogens with zero attached hydrogens (tertiary/aromatic N) is 5. The smallest absolute Gasteiger partial charge is 0.352 e. The minimum Gasteiger partial charge on any atom is -0.477 e. The molecular formula is C13H15BrN6O5S2. The van der Waals surface area contributed by atoms with Gasteiger partial charge in [0, 0.05) is 25.7 Å². The van der Waals surface area contributed by atoms with Gasteiger partial charge in [-0.3, -0.25) is 14.5 Å². The van der Waals surface area contributed by atoms with Crippen molar-refractivity contribution in [1.82, 2.24) is 25.1 Å². The molecule has 0 aromatic carbocycles. The van der Waals surface area contributed by atoms with Gasteiger partial charge in [0.2, 0.25) is 11.1 Å². The molecule has 3 N–H and O–H groups in total. The molecule has 3 rings (SSSR count). The Kier molecular flexibility index (Phi) is 5.52. The van der Waals surface area contributed by atoms with Gasteiger partial charge >= 0.3 is 5.97 Å². The summed E-state index contributed by atoms with van der Waals surface area (Å²) in [5.74, 6) is -1.97. The largest absolute Gasteiger partial charge is 0.477 e. The zero-order chi connectivity index (χ0) is 19.9. The molecule has 1 aromatic heterocycles. The lowest BCUT2D eigenvalue weighted by molar-refractivity contribution is -0.184. The van der Waals surface area contributed by atoms with Crippen molar-refractivity contribution in [2.75, 3.05) is 18.6 Å². The summed E-state index contributed by atoms with van der Waals surface area (Å²) in [5, 5.41) is 20.6. The predicted molar refractivity (Wildman–Crippen MR) is 98.9 cm³/mol. The summed E-state index contributed by atoms with van der Waals surface area (Å²) in [6.07, 6.45) is 0. The lowest BCUT2D eigenvalue weighted by atomic mass is 9.86. The third-order valence-electron chi connectivity index (χ3n) is 4.27. The number of tetrazole rings is 1. The molecule has 2 unspecified atom stereocenters. The van der Waals surface area contributed by atoms with Gasteiger partial charge in [-0.05, 0) is 16.0 Å². The zero-order valence-corrected chi connectivity index (χ0v) is 17.4. The van der Waals surface area contributed by atoms with Crippen molar-refractivity contribution in [3.8, 4) is 0 Å². The highest BCUT2D eigenvalue weighted by molar-refractivity contribution is 9.10. The molecule has 14 heteroatoms. The van der Waals surface area contributed by atoms with E-state index < -0.39 is 33.6 Å². The maximum Gasteiger partial charge on any atom is 0.352 e. The van der Waals surface area contributed by atoms with Gasteiger partial charge in [-0.15, -0.1) is 16.9 Å². The number of nitrogens with two attached hydrogens (primary N) is 1. The zero-order valence-electron chi connectivity index (χ0n) is 14.2. The normalized spacial score (nSPS) is 25.8. The van der Waals surface area contributed by atoms with Gasteiger partial charge in [-0.25, -0.2) is 9.48 Å². The van der Waals surface area contributed by atoms with E-state index >= 15 is 0 Å². The lowest BCUT2D eigenvalue weighted by Crippen LogP contribution is -2.79. The fourth-order valence-corrected chi connectivity index (χ4v) is 6.28. The van der Waals surface area contributed by atoms with E-state index in [0.717, 1.165) is 4.90 Å². The topological polar surface area (TPSA) is 154 Å². The summed E-state index contributed by atoms with van der Waals surface area (Å²) in [5.41, 5.74) is 4.24. The molecule has 146 valence electrons. The minimum absolute atomic E-state index is 0.108. The second kappa shape index (κ2) is 7.41. The molecule has 2 amide bonds. The molecule has 0 radical (unpaired) electrons. The third kappa shape index (κ3) is 3.03. The van der Waals surface area contributed by atoms with Gasteiger partial charge in [0.1, 0.15) is 15.9 Å². The van der Waals surface area contributed by atoms with Gasteiger partial charge in [0.25, 0.3) is 5.91 Å². The van der Waals surface area contributed by atoms with E-state index in [-0.39, 0.29) is 5.70 Å². The number of thioether (sulfide) groups is 2. The van der Waals surface area contributed by atoms with E-state index in [2.05, 4.69) is 31.5 Å². The first-order valence-electron chi connectivity index (χ1n) is 7.50. The Hall–Kier alpha value is -1.64. The number of β-lactam (4-membered cyclic amide) rings is 1. The Morgan fingerprint density at radius 2 is 2.30 bits per heavy atom. The average molecular weight is 479 g/mol. The van der Waals surface area contributed by atoms with Crippen LogP contribution in [0.2, 0.25) is 0 Å². The molecule has 1 saturated heterocycles. The first kappa shape index (κ1) is 20.1. The Morgan fingerprint density at radius 1 is 1.59 bits per heavy atom. The number of amides is 2. The Balaban J connectivity index is 1.90. The van der Waals surface area contributed by atoms with Crippen molar-refractivity contribution < 1.29 is 24.2 Å². The molecule has 2 aliphatic heterocycles. The Morgan fingerprint density at radius 3 is 2.81 bits per heavy atom. The molecule has 1 aromatic rings. The number of halogens is 1. The maximum absolute atomic E-state index is 12.9. The molecule has 0 aliphatic carbocycles. The van der Waals surface area contributed by atoms with E-state index in [0.29, 0.717) is 22.2 Å². The number of primary amides is 1. The van der Waals surface area contributed by atoms with Crippen molar-refractivity contribution in [3.63, 3.8) is 0 Å². The fourth-order valence-electron chi connectivity index (χ4n) is 2.96. The third-order valence-corrected chi connectivity index (χ3v) is 7.89. The van der Waals surface area contributed by atoms with Gasteiger partial charge in [-0.2, -0.15) is 0 Å². The fraction of sp³-hybridized carbons (Fsp3) is 0.538. The molecular weight excluding hydrogens is 464 g/mol. The Bertz CT molecular complexity index is 847. The average Bonchev–Trinajstić information content (AvgIpc) is 3.04. The minimum atomic E-state index is -1.54. The van der Waals surface area contributed by atoms with Gasteiger partial charge < -0.3 is 15.6 Å². The van der Waals surface area contributed by atoms with Crippen LogP contribution in [0.5, 0.6) is 0 Å². The van der Waals surface area contributed by atoms with Crippen molar-refractivity contribution >= 4 is 57.2 Å². The number of carbonyl (C=O) groups excluding carboxylic acids is 2. The van der Waals surface area contributed by atoms with E-state index in [1.54, 1.807) is 7.05 Å². The summed E-state index contributed by atoms with van der Waals surface area (Å²) in [7, 11) is 2.97. The molecule has 1 fully saturated rings. The highest BCUT2D eigenvalue weighted by atomic mass is 79.9. The van der Waals surface area contributed by atoms with Crippen LogP contribution in [-0.2, 0) is 26.2 Å². The van der Waals surface area contributed by atoms with E-state index in [4.69, 9.17) is 10.5 Å². The first-order valence-corrected chi connectivity index (χ1v) is 10.4. The van der Waals surface area contributed by atoms with Crippen LogP contribution in [0.25, 0.3) is 0 Å². The molecule has 2 aliphatic rings. The SMILES string of the molecule is CO[C@]1(C(Br)C(N)=O)C(=O)N2C(C(=O)O)=C(CSc3nnnn3C)CSC21. The van der Waals surface area contributed by atoms with Crippen LogP contribution in [-0.4, -0.2) is 82.4 Å². The van der Waals surface area contributed by atoms with Crippen LogP contribution in [0.15, 0.2) is 16.4 Å². The second-order valence-electron chi connectivity index (χ2n) is 5.73. The number of carboxylic acids is 1. The number of alkyl halides is 1. The number of ether oxygens (including phenoxy) is 1. The van der Waals surface area contributed by atoms with Crippen molar-refractivity contribution in [1.29, 1.82) is 0 Å².